The van der Waals surface area contributed by atoms with E-state index < -0.39 is 0 Å². The average Bonchev–Trinajstić information content (AvgIpc) is 2.25. The predicted molar refractivity (Wildman–Crippen MR) is 34.8 cm³/mol. The van der Waals surface area contributed by atoms with E-state index in [2.05, 4.69) is 15.0 Å². The van der Waals surface area contributed by atoms with E-state index in [1.807, 2.05) is 0 Å². The van der Waals surface area contributed by atoms with Crippen LogP contribution in [0, 0.1) is 0 Å². The molecular formula is C7H10N2O2. The highest BCUT2D eigenvalue weighted by atomic mass is 16.5. The smallest absolute Gasteiger partial charge is 0.105 e. The van der Waals surface area contributed by atoms with Gasteiger partial charge in [-0.15, -0.1) is 0 Å². The van der Waals surface area contributed by atoms with E-state index in [1.54, 1.807) is 0 Å². The molecule has 0 saturated heterocycles. The summed E-state index contributed by atoms with van der Waals surface area (Å²) in [5.41, 5.74) is 1.63. The minimum absolute atomic E-state index is 0.252. The lowest BCUT2D eigenvalue weighted by molar-refractivity contribution is -0.670. The Morgan fingerprint density at radius 2 is 2.45 bits per heavy atom. The molecule has 4 nitrogen and oxygen atoms in total. The second kappa shape index (κ2) is 2.54. The maximum atomic E-state index is 11.0. The molecule has 2 rings (SSSR count). The standard InChI is InChI=1S/C7H10N2O2/c10-7-5-4-8-3-1-2-6(5)9-11-7/h8,10H,1-4H2. The Labute approximate surface area is 64.2 Å². The lowest BCUT2D eigenvalue weighted by atomic mass is 10.2. The zero-order valence-corrected chi connectivity index (χ0v) is 6.17. The summed E-state index contributed by atoms with van der Waals surface area (Å²) in [6.07, 6.45) is 1.97. The molecule has 11 heavy (non-hydrogen) atoms. The van der Waals surface area contributed by atoms with Crippen molar-refractivity contribution in [3.63, 3.8) is 0 Å². The summed E-state index contributed by atoms with van der Waals surface area (Å²) < 4.78 is 4.55. The van der Waals surface area contributed by atoms with Crippen molar-refractivity contribution in [1.29, 1.82) is 0 Å². The van der Waals surface area contributed by atoms with Crippen LogP contribution in [-0.4, -0.2) is 11.7 Å². The number of fused-ring (bicyclic) bond motifs is 1. The lowest BCUT2D eigenvalue weighted by Gasteiger charge is -1.97. The maximum Gasteiger partial charge on any atom is 0.105 e. The number of aromatic nitrogens is 1. The number of quaternary nitrogens is 1. The molecule has 0 spiro atoms. The molecule has 1 aliphatic heterocycles. The average molecular weight is 154 g/mol. The van der Waals surface area contributed by atoms with Gasteiger partial charge in [0.2, 0.25) is 0 Å². The number of hydrogen-bond acceptors (Lipinski definition) is 3. The summed E-state index contributed by atoms with van der Waals surface area (Å²) in [5.74, 6) is -0.252. The molecule has 0 bridgehead atoms. The van der Waals surface area contributed by atoms with Crippen LogP contribution in [-0.2, 0) is 13.0 Å². The fourth-order valence-electron chi connectivity index (χ4n) is 1.38. The number of aryl methyl sites for hydroxylation is 1. The Morgan fingerprint density at radius 3 is 3.36 bits per heavy atom. The first-order valence-corrected chi connectivity index (χ1v) is 3.84. The fourth-order valence-corrected chi connectivity index (χ4v) is 1.38. The maximum absolute atomic E-state index is 11.0. The Balaban J connectivity index is 2.35. The normalized spacial score (nSPS) is 17.5. The monoisotopic (exact) mass is 154 g/mol. The van der Waals surface area contributed by atoms with E-state index >= 15 is 0 Å². The zero-order valence-electron chi connectivity index (χ0n) is 6.17. The van der Waals surface area contributed by atoms with Gasteiger partial charge in [0.15, 0.2) is 0 Å². The van der Waals surface area contributed by atoms with Gasteiger partial charge < -0.3 is 14.9 Å². The topological polar surface area (TPSA) is 65.7 Å². The third-order valence-corrected chi connectivity index (χ3v) is 2.00. The highest BCUT2D eigenvalue weighted by Crippen LogP contribution is 2.18. The van der Waals surface area contributed by atoms with E-state index in [0.29, 0.717) is 0 Å². The number of nitrogens with two attached hydrogens (primary N) is 1. The molecule has 0 saturated carbocycles. The fraction of sp³-hybridized carbons (Fsp3) is 0.571. The van der Waals surface area contributed by atoms with Gasteiger partial charge in [0.05, 0.1) is 23.7 Å². The molecule has 1 aromatic heterocycles. The number of hydrogen-bond donors (Lipinski definition) is 1. The Hall–Kier alpha value is -1.03. The molecule has 2 heterocycles. The molecular weight excluding hydrogens is 144 g/mol. The van der Waals surface area contributed by atoms with E-state index in [-0.39, 0.29) is 5.95 Å². The molecule has 0 radical (unpaired) electrons. The number of nitrogens with zero attached hydrogens (tertiary/aromatic N) is 1. The molecule has 0 fully saturated rings. The van der Waals surface area contributed by atoms with Crippen molar-refractivity contribution in [3.8, 4) is 5.95 Å². The molecule has 0 atom stereocenters. The van der Waals surface area contributed by atoms with Crippen LogP contribution >= 0.6 is 0 Å². The Kier molecular flexibility index (Phi) is 1.54. The van der Waals surface area contributed by atoms with Crippen molar-refractivity contribution < 1.29 is 14.9 Å². The molecule has 1 aliphatic rings. The van der Waals surface area contributed by atoms with E-state index in [9.17, 15) is 5.11 Å². The van der Waals surface area contributed by atoms with Crippen molar-refractivity contribution in [3.05, 3.63) is 11.3 Å². The Bertz CT molecular complexity index is 257. The Morgan fingerprint density at radius 1 is 1.55 bits per heavy atom. The van der Waals surface area contributed by atoms with Crippen LogP contribution < -0.4 is 10.4 Å². The van der Waals surface area contributed by atoms with Gasteiger partial charge >= 0.3 is 0 Å². The minimum Gasteiger partial charge on any atom is -0.544 e. The van der Waals surface area contributed by atoms with Gasteiger partial charge in [0.25, 0.3) is 0 Å². The third-order valence-electron chi connectivity index (χ3n) is 2.00. The van der Waals surface area contributed by atoms with E-state index in [0.717, 1.165) is 37.2 Å². The molecule has 1 aromatic rings. The predicted octanol–water partition coefficient (Wildman–Crippen LogP) is -1.24. The van der Waals surface area contributed by atoms with Gasteiger partial charge in [-0.05, 0) is 6.42 Å². The SMILES string of the molecule is [O-]c1onc2c1C[NH2+]CCC2. The van der Waals surface area contributed by atoms with Crippen molar-refractivity contribution in [2.45, 2.75) is 19.4 Å². The van der Waals surface area contributed by atoms with Gasteiger partial charge in [-0.2, -0.15) is 5.16 Å². The molecule has 0 amide bonds. The summed E-state index contributed by atoms with van der Waals surface area (Å²) in [4.78, 5) is 0. The second-order valence-corrected chi connectivity index (χ2v) is 2.78. The molecule has 0 aromatic carbocycles. The lowest BCUT2D eigenvalue weighted by Crippen LogP contribution is -2.82. The summed E-state index contributed by atoms with van der Waals surface area (Å²) in [6, 6.07) is 0. The molecule has 0 unspecified atom stereocenters. The third kappa shape index (κ3) is 1.09. The molecule has 4 heteroatoms. The van der Waals surface area contributed by atoms with Gasteiger partial charge in [0.1, 0.15) is 6.54 Å². The van der Waals surface area contributed by atoms with Crippen LogP contribution in [0.25, 0.3) is 0 Å². The largest absolute Gasteiger partial charge is 0.544 e. The van der Waals surface area contributed by atoms with E-state index in [4.69, 9.17) is 0 Å². The highest BCUT2D eigenvalue weighted by Gasteiger charge is 2.12. The van der Waals surface area contributed by atoms with Gasteiger partial charge in [-0.3, -0.25) is 0 Å². The minimum atomic E-state index is -0.252. The quantitative estimate of drug-likeness (QED) is 0.508. The highest BCUT2D eigenvalue weighted by molar-refractivity contribution is 5.25. The summed E-state index contributed by atoms with van der Waals surface area (Å²) in [5, 5.41) is 16.8. The molecule has 2 N–H and O–H groups in total. The first kappa shape index (κ1) is 6.67. The second-order valence-electron chi connectivity index (χ2n) is 2.78. The zero-order chi connectivity index (χ0) is 7.68. The van der Waals surface area contributed by atoms with Gasteiger partial charge in [-0.1, -0.05) is 0 Å². The van der Waals surface area contributed by atoms with Crippen LogP contribution in [0.2, 0.25) is 0 Å². The van der Waals surface area contributed by atoms with Crippen LogP contribution in [0.4, 0.5) is 0 Å². The molecule has 0 aliphatic carbocycles. The van der Waals surface area contributed by atoms with Crippen molar-refractivity contribution in [2.24, 2.45) is 0 Å². The van der Waals surface area contributed by atoms with Crippen molar-refractivity contribution in [2.75, 3.05) is 6.54 Å². The summed E-state index contributed by atoms with van der Waals surface area (Å²) in [6.45, 7) is 1.81. The van der Waals surface area contributed by atoms with Crippen molar-refractivity contribution in [1.82, 2.24) is 5.16 Å². The first-order chi connectivity index (χ1) is 5.38. The van der Waals surface area contributed by atoms with Crippen LogP contribution in [0.1, 0.15) is 17.7 Å². The van der Waals surface area contributed by atoms with Crippen LogP contribution in [0.15, 0.2) is 4.52 Å². The van der Waals surface area contributed by atoms with Crippen molar-refractivity contribution >= 4 is 0 Å². The first-order valence-electron chi connectivity index (χ1n) is 3.84. The van der Waals surface area contributed by atoms with E-state index in [1.165, 1.54) is 0 Å². The van der Waals surface area contributed by atoms with Gasteiger partial charge in [0, 0.05) is 6.42 Å². The summed E-state index contributed by atoms with van der Waals surface area (Å²) >= 11 is 0. The number of rotatable bonds is 0. The molecule has 60 valence electrons. The van der Waals surface area contributed by atoms with Crippen LogP contribution in [0.3, 0.4) is 0 Å². The van der Waals surface area contributed by atoms with Gasteiger partial charge in [-0.25, -0.2) is 0 Å². The summed E-state index contributed by atoms with van der Waals surface area (Å²) in [7, 11) is 0. The van der Waals surface area contributed by atoms with Crippen LogP contribution in [0.5, 0.6) is 5.95 Å².